The summed E-state index contributed by atoms with van der Waals surface area (Å²) in [7, 11) is 0. The molecule has 1 aromatic rings. The number of hydrogen-bond acceptors (Lipinski definition) is 5. The molecule has 5 heteroatoms. The quantitative estimate of drug-likeness (QED) is 0.869. The highest BCUT2D eigenvalue weighted by Gasteiger charge is 2.34. The van der Waals surface area contributed by atoms with Crippen LogP contribution in [0.4, 0.5) is 5.13 Å². The molecule has 0 radical (unpaired) electrons. The SMILES string of the molecule is CC1CCN(c2nc(C3CC3)ns2)C1CN. The lowest BCUT2D eigenvalue weighted by Gasteiger charge is -2.24. The molecule has 2 heterocycles. The second kappa shape index (κ2) is 3.96. The summed E-state index contributed by atoms with van der Waals surface area (Å²) >= 11 is 1.55. The number of rotatable bonds is 3. The molecule has 2 aliphatic rings. The normalized spacial score (nSPS) is 30.0. The number of anilines is 1. The van der Waals surface area contributed by atoms with Crippen molar-refractivity contribution in [3.05, 3.63) is 5.82 Å². The Hall–Kier alpha value is -0.680. The fraction of sp³-hybridized carbons (Fsp3) is 0.818. The lowest BCUT2D eigenvalue weighted by atomic mass is 10.0. The predicted molar refractivity (Wildman–Crippen MR) is 65.9 cm³/mol. The zero-order valence-electron chi connectivity index (χ0n) is 9.59. The minimum Gasteiger partial charge on any atom is -0.342 e. The summed E-state index contributed by atoms with van der Waals surface area (Å²) in [5.74, 6) is 2.40. The fourth-order valence-electron chi connectivity index (χ4n) is 2.46. The van der Waals surface area contributed by atoms with Crippen LogP contribution in [-0.2, 0) is 0 Å². The van der Waals surface area contributed by atoms with Crippen LogP contribution in [0.5, 0.6) is 0 Å². The molecule has 1 saturated carbocycles. The summed E-state index contributed by atoms with van der Waals surface area (Å²) in [6.07, 6.45) is 3.76. The van der Waals surface area contributed by atoms with Crippen molar-refractivity contribution in [1.29, 1.82) is 0 Å². The Labute approximate surface area is 100 Å². The summed E-state index contributed by atoms with van der Waals surface area (Å²) in [5, 5.41) is 1.08. The molecule has 0 amide bonds. The van der Waals surface area contributed by atoms with E-state index >= 15 is 0 Å². The molecule has 2 unspecified atom stereocenters. The molecule has 2 fully saturated rings. The molecule has 88 valence electrons. The molecule has 0 bridgehead atoms. The Morgan fingerprint density at radius 3 is 2.94 bits per heavy atom. The Morgan fingerprint density at radius 1 is 1.44 bits per heavy atom. The lowest BCUT2D eigenvalue weighted by molar-refractivity contribution is 0.518. The standard InChI is InChI=1S/C11H18N4S/c1-7-4-5-15(9(7)6-12)11-13-10(14-16-11)8-2-3-8/h7-9H,2-6,12H2,1H3. The van der Waals surface area contributed by atoms with E-state index in [1.807, 2.05) is 0 Å². The minimum atomic E-state index is 0.458. The molecule has 1 aliphatic carbocycles. The van der Waals surface area contributed by atoms with Gasteiger partial charge in [-0.15, -0.1) is 0 Å². The van der Waals surface area contributed by atoms with Gasteiger partial charge in [0.2, 0.25) is 5.13 Å². The summed E-state index contributed by atoms with van der Waals surface area (Å²) in [6, 6.07) is 0.458. The van der Waals surface area contributed by atoms with E-state index in [-0.39, 0.29) is 0 Å². The highest BCUT2D eigenvalue weighted by molar-refractivity contribution is 7.09. The highest BCUT2D eigenvalue weighted by atomic mass is 32.1. The number of hydrogen-bond donors (Lipinski definition) is 1. The highest BCUT2D eigenvalue weighted by Crippen LogP contribution is 2.40. The van der Waals surface area contributed by atoms with Gasteiger partial charge in [-0.2, -0.15) is 4.37 Å². The average Bonchev–Trinajstić information content (AvgIpc) is 2.90. The molecular formula is C11H18N4S. The molecule has 2 N–H and O–H groups in total. The first-order valence-corrected chi connectivity index (χ1v) is 6.87. The zero-order chi connectivity index (χ0) is 11.1. The van der Waals surface area contributed by atoms with Gasteiger partial charge in [-0.25, -0.2) is 4.98 Å². The van der Waals surface area contributed by atoms with E-state index in [9.17, 15) is 0 Å². The summed E-state index contributed by atoms with van der Waals surface area (Å²) in [4.78, 5) is 7.02. The Morgan fingerprint density at radius 2 is 2.25 bits per heavy atom. The van der Waals surface area contributed by atoms with E-state index in [2.05, 4.69) is 21.2 Å². The van der Waals surface area contributed by atoms with Crippen molar-refractivity contribution in [2.45, 2.75) is 38.1 Å². The first-order valence-electron chi connectivity index (χ1n) is 6.10. The molecule has 3 rings (SSSR count). The van der Waals surface area contributed by atoms with Gasteiger partial charge in [0.25, 0.3) is 0 Å². The van der Waals surface area contributed by atoms with Crippen LogP contribution in [0.1, 0.15) is 37.9 Å². The first kappa shape index (κ1) is 10.5. The lowest BCUT2D eigenvalue weighted by Crippen LogP contribution is -2.38. The second-order valence-corrected chi connectivity index (χ2v) is 5.70. The van der Waals surface area contributed by atoms with Crippen molar-refractivity contribution >= 4 is 16.7 Å². The summed E-state index contributed by atoms with van der Waals surface area (Å²) in [5.41, 5.74) is 5.85. The van der Waals surface area contributed by atoms with Crippen molar-refractivity contribution in [3.8, 4) is 0 Å². The molecule has 2 atom stereocenters. The van der Waals surface area contributed by atoms with Crippen LogP contribution in [0, 0.1) is 5.92 Å². The van der Waals surface area contributed by atoms with Crippen molar-refractivity contribution in [2.75, 3.05) is 18.0 Å². The van der Waals surface area contributed by atoms with E-state index in [4.69, 9.17) is 5.73 Å². The Bertz CT molecular complexity index is 374. The minimum absolute atomic E-state index is 0.458. The third kappa shape index (κ3) is 1.72. The molecule has 0 spiro atoms. The van der Waals surface area contributed by atoms with Gasteiger partial charge in [-0.05, 0) is 25.2 Å². The van der Waals surface area contributed by atoms with Gasteiger partial charge in [0.15, 0.2) is 0 Å². The monoisotopic (exact) mass is 238 g/mol. The molecule has 4 nitrogen and oxygen atoms in total. The van der Waals surface area contributed by atoms with E-state index in [0.717, 1.165) is 24.0 Å². The van der Waals surface area contributed by atoms with Crippen LogP contribution in [0.15, 0.2) is 0 Å². The number of nitrogens with two attached hydrogens (primary N) is 1. The van der Waals surface area contributed by atoms with Crippen molar-refractivity contribution in [3.63, 3.8) is 0 Å². The number of aromatic nitrogens is 2. The average molecular weight is 238 g/mol. The maximum atomic E-state index is 5.85. The molecule has 16 heavy (non-hydrogen) atoms. The molecular weight excluding hydrogens is 220 g/mol. The smallest absolute Gasteiger partial charge is 0.205 e. The predicted octanol–water partition coefficient (Wildman–Crippen LogP) is 1.59. The van der Waals surface area contributed by atoms with E-state index in [1.165, 1.54) is 19.3 Å². The van der Waals surface area contributed by atoms with Crippen molar-refractivity contribution in [1.82, 2.24) is 9.36 Å². The van der Waals surface area contributed by atoms with Gasteiger partial charge in [0.05, 0.1) is 0 Å². The van der Waals surface area contributed by atoms with Crippen LogP contribution in [0.3, 0.4) is 0 Å². The summed E-state index contributed by atoms with van der Waals surface area (Å²) < 4.78 is 4.46. The van der Waals surface area contributed by atoms with E-state index < -0.39 is 0 Å². The maximum Gasteiger partial charge on any atom is 0.205 e. The fourth-order valence-corrected chi connectivity index (χ4v) is 3.29. The molecule has 1 aromatic heterocycles. The van der Waals surface area contributed by atoms with Crippen molar-refractivity contribution in [2.24, 2.45) is 11.7 Å². The van der Waals surface area contributed by atoms with Gasteiger partial charge < -0.3 is 10.6 Å². The third-order valence-electron chi connectivity index (χ3n) is 3.74. The van der Waals surface area contributed by atoms with Gasteiger partial charge in [-0.3, -0.25) is 0 Å². The Balaban J connectivity index is 1.79. The van der Waals surface area contributed by atoms with E-state index in [1.54, 1.807) is 11.5 Å². The van der Waals surface area contributed by atoms with Crippen LogP contribution in [0.25, 0.3) is 0 Å². The second-order valence-electron chi connectivity index (χ2n) is 4.97. The van der Waals surface area contributed by atoms with Gasteiger partial charge in [-0.1, -0.05) is 6.92 Å². The van der Waals surface area contributed by atoms with Gasteiger partial charge in [0, 0.05) is 36.6 Å². The molecule has 0 aromatic carbocycles. The number of nitrogens with zero attached hydrogens (tertiary/aromatic N) is 3. The van der Waals surface area contributed by atoms with Crippen molar-refractivity contribution < 1.29 is 0 Å². The Kier molecular flexibility index (Phi) is 2.59. The van der Waals surface area contributed by atoms with E-state index in [0.29, 0.717) is 17.9 Å². The van der Waals surface area contributed by atoms with Crippen LogP contribution < -0.4 is 10.6 Å². The molecule has 1 saturated heterocycles. The van der Waals surface area contributed by atoms with Crippen LogP contribution >= 0.6 is 11.5 Å². The topological polar surface area (TPSA) is 55.0 Å². The summed E-state index contributed by atoms with van der Waals surface area (Å²) in [6.45, 7) is 4.09. The zero-order valence-corrected chi connectivity index (χ0v) is 10.4. The van der Waals surface area contributed by atoms with Crippen LogP contribution in [-0.4, -0.2) is 28.5 Å². The maximum absolute atomic E-state index is 5.85. The largest absolute Gasteiger partial charge is 0.342 e. The van der Waals surface area contributed by atoms with Gasteiger partial charge in [0.1, 0.15) is 5.82 Å². The third-order valence-corrected chi connectivity index (χ3v) is 4.51. The van der Waals surface area contributed by atoms with Gasteiger partial charge >= 0.3 is 0 Å². The first-order chi connectivity index (χ1) is 7.79. The van der Waals surface area contributed by atoms with Crippen LogP contribution in [0.2, 0.25) is 0 Å². The molecule has 1 aliphatic heterocycles.